The predicted octanol–water partition coefficient (Wildman–Crippen LogP) is 2.59. The van der Waals surface area contributed by atoms with Crippen LogP contribution in [0.25, 0.3) is 0 Å². The van der Waals surface area contributed by atoms with Crippen LogP contribution < -0.4 is 5.63 Å². The second-order valence-corrected chi connectivity index (χ2v) is 4.34. The molecule has 1 aromatic heterocycles. The summed E-state index contributed by atoms with van der Waals surface area (Å²) in [5.41, 5.74) is 0.618. The van der Waals surface area contributed by atoms with E-state index in [0.29, 0.717) is 5.76 Å². The Morgan fingerprint density at radius 2 is 2.05 bits per heavy atom. The highest BCUT2D eigenvalue weighted by Gasteiger charge is 2.13. The predicted molar refractivity (Wildman–Crippen MR) is 74.8 cm³/mol. The van der Waals surface area contributed by atoms with Gasteiger partial charge in [-0.05, 0) is 19.4 Å². The van der Waals surface area contributed by atoms with Crippen molar-refractivity contribution in [3.05, 3.63) is 63.7 Å². The van der Waals surface area contributed by atoms with Crippen LogP contribution in [0.5, 0.6) is 5.75 Å². The Morgan fingerprint density at radius 3 is 2.70 bits per heavy atom. The van der Waals surface area contributed by atoms with E-state index >= 15 is 0 Å². The Kier molecular flexibility index (Phi) is 4.20. The molecule has 1 heterocycles. The van der Waals surface area contributed by atoms with Gasteiger partial charge in [0, 0.05) is 6.07 Å². The van der Waals surface area contributed by atoms with Crippen molar-refractivity contribution in [2.75, 3.05) is 0 Å². The lowest BCUT2D eigenvalue weighted by atomic mass is 10.2. The van der Waals surface area contributed by atoms with E-state index in [1.54, 1.807) is 13.8 Å². The number of benzene rings is 1. The molecule has 1 N–H and O–H groups in total. The van der Waals surface area contributed by atoms with Crippen molar-refractivity contribution in [1.82, 2.24) is 0 Å². The summed E-state index contributed by atoms with van der Waals surface area (Å²) in [4.78, 5) is 16.8. The molecule has 104 valence electrons. The molecule has 5 heteroatoms. The largest absolute Gasteiger partial charge is 0.507 e. The fourth-order valence-corrected chi connectivity index (χ4v) is 1.75. The lowest BCUT2D eigenvalue weighted by Gasteiger charge is -2.04. The van der Waals surface area contributed by atoms with E-state index in [1.807, 2.05) is 30.3 Å². The van der Waals surface area contributed by atoms with Crippen molar-refractivity contribution in [3.8, 4) is 5.75 Å². The zero-order valence-corrected chi connectivity index (χ0v) is 11.3. The molecule has 0 spiro atoms. The van der Waals surface area contributed by atoms with Gasteiger partial charge in [0.2, 0.25) is 0 Å². The van der Waals surface area contributed by atoms with Crippen LogP contribution in [0.2, 0.25) is 0 Å². The maximum atomic E-state index is 11.7. The molecule has 20 heavy (non-hydrogen) atoms. The number of nitrogens with zero attached hydrogens (tertiary/aromatic N) is 1. The molecule has 5 nitrogen and oxygen atoms in total. The average Bonchev–Trinajstić information content (AvgIpc) is 2.38. The van der Waals surface area contributed by atoms with E-state index in [-0.39, 0.29) is 23.6 Å². The lowest BCUT2D eigenvalue weighted by molar-refractivity contribution is 0.130. The van der Waals surface area contributed by atoms with Crippen LogP contribution in [-0.4, -0.2) is 10.8 Å². The van der Waals surface area contributed by atoms with Crippen molar-refractivity contribution in [3.63, 3.8) is 0 Å². The van der Waals surface area contributed by atoms with E-state index in [4.69, 9.17) is 9.25 Å². The Balaban J connectivity index is 2.13. The molecule has 0 aliphatic heterocycles. The molecule has 0 aliphatic rings. The molecular weight excluding hydrogens is 258 g/mol. The molecule has 2 aromatic rings. The topological polar surface area (TPSA) is 72.0 Å². The van der Waals surface area contributed by atoms with Crippen LogP contribution in [-0.2, 0) is 11.4 Å². The van der Waals surface area contributed by atoms with Crippen LogP contribution in [0, 0.1) is 6.92 Å². The molecule has 0 fully saturated rings. The first-order valence-corrected chi connectivity index (χ1v) is 6.12. The number of aryl methyl sites for hydroxylation is 1. The smallest absolute Gasteiger partial charge is 0.348 e. The third-order valence-electron chi connectivity index (χ3n) is 2.69. The molecule has 0 unspecified atom stereocenters. The van der Waals surface area contributed by atoms with E-state index in [9.17, 15) is 9.90 Å². The molecule has 0 atom stereocenters. The van der Waals surface area contributed by atoms with Gasteiger partial charge in [0.05, 0.1) is 5.71 Å². The molecule has 0 aliphatic carbocycles. The SMILES string of the molecule is C/C(=N/OCc1ccccc1)c1c(O)cc(C)oc1=O. The number of oxime groups is 1. The van der Waals surface area contributed by atoms with Crippen LogP contribution in [0.4, 0.5) is 0 Å². The fraction of sp³-hybridized carbons (Fsp3) is 0.200. The molecule has 0 saturated carbocycles. The number of hydrogen-bond donors (Lipinski definition) is 1. The van der Waals surface area contributed by atoms with Crippen molar-refractivity contribution >= 4 is 5.71 Å². The van der Waals surface area contributed by atoms with Crippen molar-refractivity contribution in [1.29, 1.82) is 0 Å². The van der Waals surface area contributed by atoms with Crippen molar-refractivity contribution < 1.29 is 14.4 Å². The van der Waals surface area contributed by atoms with Crippen LogP contribution in [0.15, 0.2) is 50.8 Å². The third-order valence-corrected chi connectivity index (χ3v) is 2.69. The summed E-state index contributed by atoms with van der Waals surface area (Å²) in [6, 6.07) is 10.9. The summed E-state index contributed by atoms with van der Waals surface area (Å²) < 4.78 is 4.92. The number of hydrogen-bond acceptors (Lipinski definition) is 5. The van der Waals surface area contributed by atoms with Gasteiger partial charge in [0.25, 0.3) is 0 Å². The van der Waals surface area contributed by atoms with E-state index in [1.165, 1.54) is 6.07 Å². The number of rotatable bonds is 4. The van der Waals surface area contributed by atoms with Crippen molar-refractivity contribution in [2.24, 2.45) is 5.16 Å². The second kappa shape index (κ2) is 6.06. The van der Waals surface area contributed by atoms with Crippen molar-refractivity contribution in [2.45, 2.75) is 20.5 Å². The molecule has 0 bridgehead atoms. The summed E-state index contributed by atoms with van der Waals surface area (Å²) in [7, 11) is 0. The molecule has 0 radical (unpaired) electrons. The van der Waals surface area contributed by atoms with Crippen LogP contribution in [0.3, 0.4) is 0 Å². The first kappa shape index (κ1) is 13.9. The first-order chi connectivity index (χ1) is 9.58. The zero-order chi connectivity index (χ0) is 14.5. The second-order valence-electron chi connectivity index (χ2n) is 4.34. The van der Waals surface area contributed by atoms with E-state index < -0.39 is 5.63 Å². The van der Waals surface area contributed by atoms with E-state index in [0.717, 1.165) is 5.56 Å². The summed E-state index contributed by atoms with van der Waals surface area (Å²) in [6.45, 7) is 3.45. The number of aromatic hydroxyl groups is 1. The zero-order valence-electron chi connectivity index (χ0n) is 11.3. The normalized spacial score (nSPS) is 11.4. The van der Waals surface area contributed by atoms with Crippen LogP contribution in [0.1, 0.15) is 23.8 Å². The highest BCUT2D eigenvalue weighted by atomic mass is 16.6. The van der Waals surface area contributed by atoms with Gasteiger partial charge in [-0.25, -0.2) is 4.79 Å². The highest BCUT2D eigenvalue weighted by Crippen LogP contribution is 2.15. The third kappa shape index (κ3) is 3.26. The standard InChI is InChI=1S/C15H15NO4/c1-10-8-13(17)14(15(18)20-10)11(2)16-19-9-12-6-4-3-5-7-12/h3-8,17H,9H2,1-2H3/b16-11-. The van der Waals surface area contributed by atoms with Gasteiger partial charge in [-0.2, -0.15) is 0 Å². The summed E-state index contributed by atoms with van der Waals surface area (Å²) in [5.74, 6) is 0.178. The molecule has 0 saturated heterocycles. The Hall–Kier alpha value is -2.56. The van der Waals surface area contributed by atoms with Gasteiger partial charge in [-0.3, -0.25) is 0 Å². The Bertz CT molecular complexity index is 674. The molecule has 1 aromatic carbocycles. The summed E-state index contributed by atoms with van der Waals surface area (Å²) in [5, 5.41) is 13.6. The average molecular weight is 273 g/mol. The highest BCUT2D eigenvalue weighted by molar-refractivity contribution is 6.00. The lowest BCUT2D eigenvalue weighted by Crippen LogP contribution is -2.13. The minimum atomic E-state index is -0.632. The summed E-state index contributed by atoms with van der Waals surface area (Å²) >= 11 is 0. The molecule has 0 amide bonds. The quantitative estimate of drug-likeness (QED) is 0.686. The summed E-state index contributed by atoms with van der Waals surface area (Å²) in [6.07, 6.45) is 0. The van der Waals surface area contributed by atoms with Crippen LogP contribution >= 0.6 is 0 Å². The van der Waals surface area contributed by atoms with Gasteiger partial charge in [0.15, 0.2) is 0 Å². The minimum Gasteiger partial charge on any atom is -0.507 e. The molecule has 2 rings (SSSR count). The van der Waals surface area contributed by atoms with Gasteiger partial charge in [0.1, 0.15) is 23.7 Å². The van der Waals surface area contributed by atoms with Gasteiger partial charge in [-0.1, -0.05) is 35.5 Å². The maximum Gasteiger partial charge on any atom is 0.348 e. The Morgan fingerprint density at radius 1 is 1.35 bits per heavy atom. The Labute approximate surface area is 116 Å². The molecular formula is C15H15NO4. The van der Waals surface area contributed by atoms with Gasteiger partial charge < -0.3 is 14.4 Å². The van der Waals surface area contributed by atoms with Gasteiger partial charge in [-0.15, -0.1) is 0 Å². The maximum absolute atomic E-state index is 11.7. The van der Waals surface area contributed by atoms with Gasteiger partial charge >= 0.3 is 5.63 Å². The monoisotopic (exact) mass is 273 g/mol. The minimum absolute atomic E-state index is 0.0173. The van der Waals surface area contributed by atoms with E-state index in [2.05, 4.69) is 5.16 Å². The first-order valence-electron chi connectivity index (χ1n) is 6.12. The fourth-order valence-electron chi connectivity index (χ4n) is 1.75.